The van der Waals surface area contributed by atoms with Gasteiger partial charge in [-0.25, -0.2) is 0 Å². The standard InChI is InChI=1S/C17H23IN2O5S/c1-17(2,25-11-26(3,18)20-23)10-24-13-6-4-12(5-7-13)14-8-9-15(21)19-16(14)22/h4-7,14H,8-11H2,1-3H3,(H,19,21,22). The predicted molar refractivity (Wildman–Crippen MR) is 110 cm³/mol. The summed E-state index contributed by atoms with van der Waals surface area (Å²) < 4.78 is 14.7. The van der Waals surface area contributed by atoms with Crippen LogP contribution in [-0.2, 0) is 14.3 Å². The molecule has 2 amide bonds. The fraction of sp³-hybridized carbons (Fsp3) is 0.529. The Balaban J connectivity index is 1.89. The van der Waals surface area contributed by atoms with Crippen molar-refractivity contribution in [3.05, 3.63) is 34.7 Å². The second-order valence-electron chi connectivity index (χ2n) is 6.89. The molecule has 144 valence electrons. The van der Waals surface area contributed by atoms with Crippen LogP contribution in [0.15, 0.2) is 28.8 Å². The lowest BCUT2D eigenvalue weighted by atomic mass is 9.90. The number of hydrogen-bond donors (Lipinski definition) is 1. The van der Waals surface area contributed by atoms with Crippen LogP contribution in [0.25, 0.3) is 0 Å². The van der Waals surface area contributed by atoms with Gasteiger partial charge in [0.05, 0.1) is 11.5 Å². The number of nitrogens with zero attached hydrogens (tertiary/aromatic N) is 1. The molecule has 0 saturated carbocycles. The molecule has 1 aliphatic heterocycles. The maximum atomic E-state index is 11.9. The first kappa shape index (κ1) is 21.1. The van der Waals surface area contributed by atoms with Crippen molar-refractivity contribution in [1.29, 1.82) is 0 Å². The van der Waals surface area contributed by atoms with E-state index in [1.807, 2.05) is 47.2 Å². The Labute approximate surface area is 166 Å². The van der Waals surface area contributed by atoms with Gasteiger partial charge in [-0.3, -0.25) is 14.9 Å². The summed E-state index contributed by atoms with van der Waals surface area (Å²) in [6.45, 7) is 4.10. The summed E-state index contributed by atoms with van der Waals surface area (Å²) in [6.07, 6.45) is 2.66. The van der Waals surface area contributed by atoms with Gasteiger partial charge < -0.3 is 9.47 Å². The highest BCUT2D eigenvalue weighted by Crippen LogP contribution is 2.54. The third-order valence-electron chi connectivity index (χ3n) is 3.93. The minimum atomic E-state index is -1.66. The largest absolute Gasteiger partial charge is 0.491 e. The van der Waals surface area contributed by atoms with Gasteiger partial charge in [0.15, 0.2) is 0 Å². The summed E-state index contributed by atoms with van der Waals surface area (Å²) in [5.41, 5.74) is 0.297. The number of carbonyl (C=O) groups excluding carboxylic acids is 2. The molecule has 1 heterocycles. The molecule has 0 radical (unpaired) electrons. The maximum absolute atomic E-state index is 11.9. The average molecular weight is 494 g/mol. The summed E-state index contributed by atoms with van der Waals surface area (Å²) in [7, 11) is -1.66. The molecular weight excluding hydrogens is 471 g/mol. The minimum Gasteiger partial charge on any atom is -0.491 e. The van der Waals surface area contributed by atoms with E-state index < -0.39 is 13.0 Å². The first-order valence-corrected chi connectivity index (χ1v) is 12.8. The van der Waals surface area contributed by atoms with Gasteiger partial charge >= 0.3 is 0 Å². The second-order valence-corrected chi connectivity index (χ2v) is 14.8. The molecule has 2 unspecified atom stereocenters. The molecule has 1 saturated heterocycles. The van der Waals surface area contributed by atoms with Gasteiger partial charge in [-0.2, -0.15) is 0 Å². The third-order valence-corrected chi connectivity index (χ3v) is 6.03. The number of amides is 2. The first-order chi connectivity index (χ1) is 12.1. The Morgan fingerprint density at radius 1 is 1.31 bits per heavy atom. The van der Waals surface area contributed by atoms with Gasteiger partial charge in [-0.05, 0) is 56.2 Å². The normalized spacial score (nSPS) is 21.5. The number of halogens is 1. The molecular formula is C17H23IN2O5S. The highest BCUT2D eigenvalue weighted by Gasteiger charge is 2.28. The first-order valence-electron chi connectivity index (χ1n) is 8.12. The van der Waals surface area contributed by atoms with Crippen molar-refractivity contribution in [1.82, 2.24) is 5.32 Å². The van der Waals surface area contributed by atoms with Gasteiger partial charge in [-0.15, -0.1) is 4.91 Å². The lowest BCUT2D eigenvalue weighted by Gasteiger charge is -2.29. The summed E-state index contributed by atoms with van der Waals surface area (Å²) in [5, 5.41) is 2.36. The van der Waals surface area contributed by atoms with E-state index >= 15 is 0 Å². The molecule has 2 atom stereocenters. The number of benzene rings is 1. The Morgan fingerprint density at radius 3 is 2.54 bits per heavy atom. The molecule has 0 spiro atoms. The molecule has 1 fully saturated rings. The molecule has 1 aromatic rings. The lowest BCUT2D eigenvalue weighted by molar-refractivity contribution is -0.134. The molecule has 26 heavy (non-hydrogen) atoms. The number of rotatable bonds is 8. The van der Waals surface area contributed by atoms with E-state index in [1.165, 1.54) is 0 Å². The molecule has 0 bridgehead atoms. The van der Waals surface area contributed by atoms with Crippen LogP contribution in [0.1, 0.15) is 38.2 Å². The highest BCUT2D eigenvalue weighted by atomic mass is 127. The van der Waals surface area contributed by atoms with E-state index in [0.29, 0.717) is 25.2 Å². The second kappa shape index (κ2) is 8.66. The van der Waals surface area contributed by atoms with Crippen molar-refractivity contribution in [3.63, 3.8) is 0 Å². The number of imide groups is 1. The Kier molecular flexibility index (Phi) is 7.03. The molecule has 1 N–H and O–H groups in total. The van der Waals surface area contributed by atoms with Crippen LogP contribution < -0.4 is 10.1 Å². The van der Waals surface area contributed by atoms with Crippen LogP contribution in [0.5, 0.6) is 5.75 Å². The van der Waals surface area contributed by atoms with Crippen LogP contribution in [0.2, 0.25) is 0 Å². The molecule has 9 heteroatoms. The number of hydrogen-bond acceptors (Lipinski definition) is 6. The quantitative estimate of drug-likeness (QED) is 0.337. The minimum absolute atomic E-state index is 0.220. The number of nitroso groups, excluding NO2 is 1. The van der Waals surface area contributed by atoms with E-state index in [0.717, 1.165) is 5.56 Å². The molecule has 7 nitrogen and oxygen atoms in total. The van der Waals surface area contributed by atoms with Crippen LogP contribution in [-0.4, -0.2) is 36.2 Å². The lowest BCUT2D eigenvalue weighted by Crippen LogP contribution is -2.39. The number of nitrogens with one attached hydrogen (secondary N) is 1. The van der Waals surface area contributed by atoms with Crippen LogP contribution in [0.4, 0.5) is 0 Å². The zero-order valence-corrected chi connectivity index (χ0v) is 18.0. The fourth-order valence-corrected chi connectivity index (χ4v) is 3.35. The molecule has 1 aromatic carbocycles. The van der Waals surface area contributed by atoms with Gasteiger partial charge in [0.1, 0.15) is 18.3 Å². The molecule has 2 rings (SSSR count). The SMILES string of the molecule is CC(C)(COc1ccc(C2CCC(=O)NC2=O)cc1)OCS(C)(I)N=O. The Hall–Kier alpha value is -1.20. The van der Waals surface area contributed by atoms with Gasteiger partial charge in [0, 0.05) is 27.6 Å². The fourth-order valence-electron chi connectivity index (χ4n) is 2.40. The number of piperidine rings is 1. The molecule has 0 aromatic heterocycles. The summed E-state index contributed by atoms with van der Waals surface area (Å²) in [4.78, 5) is 33.9. The van der Waals surface area contributed by atoms with Crippen molar-refractivity contribution in [2.75, 3.05) is 18.8 Å². The Bertz CT molecular complexity index is 678. The van der Waals surface area contributed by atoms with Gasteiger partial charge in [0.25, 0.3) is 0 Å². The van der Waals surface area contributed by atoms with Gasteiger partial charge in [-0.1, -0.05) is 12.1 Å². The van der Waals surface area contributed by atoms with Crippen LogP contribution >= 0.6 is 28.6 Å². The molecule has 0 aliphatic carbocycles. The highest BCUT2D eigenvalue weighted by molar-refractivity contribution is 14.2. The van der Waals surface area contributed by atoms with Crippen molar-refractivity contribution in [2.24, 2.45) is 4.58 Å². The summed E-state index contributed by atoms with van der Waals surface area (Å²) >= 11 is 2.03. The van der Waals surface area contributed by atoms with Crippen molar-refractivity contribution >= 4 is 40.4 Å². The predicted octanol–water partition coefficient (Wildman–Crippen LogP) is 3.80. The summed E-state index contributed by atoms with van der Waals surface area (Å²) in [5.74, 6) is 0.166. The molecule has 1 aliphatic rings. The van der Waals surface area contributed by atoms with E-state index in [-0.39, 0.29) is 23.7 Å². The number of carbonyl (C=O) groups is 2. The van der Waals surface area contributed by atoms with E-state index in [1.54, 1.807) is 18.4 Å². The van der Waals surface area contributed by atoms with E-state index in [2.05, 4.69) is 9.90 Å². The topological polar surface area (TPSA) is 94.1 Å². The van der Waals surface area contributed by atoms with Gasteiger partial charge in [0.2, 0.25) is 11.8 Å². The monoisotopic (exact) mass is 494 g/mol. The Morgan fingerprint density at radius 2 is 1.96 bits per heavy atom. The third kappa shape index (κ3) is 6.20. The maximum Gasteiger partial charge on any atom is 0.234 e. The van der Waals surface area contributed by atoms with E-state index in [4.69, 9.17) is 9.47 Å². The van der Waals surface area contributed by atoms with E-state index in [9.17, 15) is 14.5 Å². The van der Waals surface area contributed by atoms with Crippen LogP contribution in [0, 0.1) is 4.91 Å². The smallest absolute Gasteiger partial charge is 0.234 e. The van der Waals surface area contributed by atoms with Crippen molar-refractivity contribution < 1.29 is 19.1 Å². The van der Waals surface area contributed by atoms with Crippen molar-refractivity contribution in [2.45, 2.75) is 38.2 Å². The van der Waals surface area contributed by atoms with Crippen molar-refractivity contribution in [3.8, 4) is 5.75 Å². The van der Waals surface area contributed by atoms with Crippen LogP contribution in [0.3, 0.4) is 0 Å². The zero-order chi connectivity index (χ0) is 19.4. The average Bonchev–Trinajstić information content (AvgIpc) is 2.59. The summed E-state index contributed by atoms with van der Waals surface area (Å²) in [6, 6.07) is 7.28. The zero-order valence-electron chi connectivity index (χ0n) is 15.0. The number of ether oxygens (including phenoxy) is 2.